The summed E-state index contributed by atoms with van der Waals surface area (Å²) in [4.78, 5) is 4.97. The largest absolute Gasteiger partial charge is 0.310 e. The number of hydrogen-bond donors (Lipinski definition) is 0. The van der Waals surface area contributed by atoms with Gasteiger partial charge >= 0.3 is 0 Å². The summed E-state index contributed by atoms with van der Waals surface area (Å²) in [6.45, 7) is 4.39. The fourth-order valence-electron chi connectivity index (χ4n) is 14.7. The van der Waals surface area contributed by atoms with Crippen molar-refractivity contribution in [2.24, 2.45) is 0 Å². The monoisotopic (exact) mass is 1040 g/mol. The van der Waals surface area contributed by atoms with Crippen molar-refractivity contribution in [1.82, 2.24) is 0 Å². The van der Waals surface area contributed by atoms with Crippen LogP contribution in [0.25, 0.3) is 54.6 Å². The standard InChI is InChI=1S/C80H56N2/c1-53-20-17-27-62(50-53)81(61-44-42-59(43-45-61)79(57-22-5-3-6-23-57)71-34-13-9-30-65(71)66-31-10-14-35-72(66)79)75-48-40-55-39-47-70-76(49-41-56-38-46-69(75)77(55)78(56)70)82(63-28-18-21-54(2)51-63)64-29-19-26-60(52-64)80(58-24-7-4-8-25-58)73-36-15-11-32-67(73)68-33-12-16-37-74(68)80/h3-52H,1-2H3. The summed E-state index contributed by atoms with van der Waals surface area (Å²) >= 11 is 0. The lowest BCUT2D eigenvalue weighted by Gasteiger charge is -2.35. The van der Waals surface area contributed by atoms with Gasteiger partial charge in [0.2, 0.25) is 0 Å². The van der Waals surface area contributed by atoms with Gasteiger partial charge in [0.1, 0.15) is 0 Å². The Labute approximate surface area is 479 Å². The Morgan fingerprint density at radius 1 is 0.244 bits per heavy atom. The van der Waals surface area contributed by atoms with E-state index in [2.05, 4.69) is 327 Å². The minimum atomic E-state index is -0.540. The van der Waals surface area contributed by atoms with Crippen LogP contribution in [0.1, 0.15) is 55.6 Å². The Morgan fingerprint density at radius 3 is 1.02 bits per heavy atom. The first kappa shape index (κ1) is 47.7. The molecular weight excluding hydrogens is 989 g/mol. The van der Waals surface area contributed by atoms with E-state index in [0.29, 0.717) is 0 Å². The molecule has 14 aromatic carbocycles. The average molecular weight is 1050 g/mol. The Kier molecular flexibility index (Phi) is 10.9. The van der Waals surface area contributed by atoms with Gasteiger partial charge in [0.05, 0.1) is 22.2 Å². The van der Waals surface area contributed by atoms with E-state index in [0.717, 1.165) is 34.1 Å². The molecule has 386 valence electrons. The van der Waals surface area contributed by atoms with Crippen molar-refractivity contribution in [3.05, 3.63) is 359 Å². The molecule has 14 aromatic rings. The molecule has 0 atom stereocenters. The second kappa shape index (κ2) is 18.7. The van der Waals surface area contributed by atoms with Crippen molar-refractivity contribution in [1.29, 1.82) is 0 Å². The number of anilines is 6. The molecule has 0 heterocycles. The molecule has 2 heteroatoms. The third-order valence-corrected chi connectivity index (χ3v) is 18.0. The van der Waals surface area contributed by atoms with Crippen LogP contribution in [-0.4, -0.2) is 0 Å². The highest BCUT2D eigenvalue weighted by Gasteiger charge is 2.47. The molecule has 0 amide bonds. The molecule has 0 radical (unpaired) electrons. The van der Waals surface area contributed by atoms with Gasteiger partial charge in [-0.15, -0.1) is 0 Å². The third kappa shape index (κ3) is 6.95. The van der Waals surface area contributed by atoms with Crippen molar-refractivity contribution in [3.8, 4) is 22.3 Å². The van der Waals surface area contributed by atoms with Gasteiger partial charge in [0.25, 0.3) is 0 Å². The highest BCUT2D eigenvalue weighted by atomic mass is 15.2. The first-order chi connectivity index (χ1) is 40.5. The normalized spacial score (nSPS) is 13.4. The number of benzene rings is 14. The molecule has 0 saturated carbocycles. The molecule has 16 rings (SSSR count). The van der Waals surface area contributed by atoms with Crippen molar-refractivity contribution in [2.45, 2.75) is 24.7 Å². The minimum Gasteiger partial charge on any atom is -0.310 e. The van der Waals surface area contributed by atoms with Gasteiger partial charge in [-0.05, 0) is 174 Å². The average Bonchev–Trinajstić information content (AvgIpc) is 2.77. The maximum Gasteiger partial charge on any atom is 0.0714 e. The summed E-state index contributed by atoms with van der Waals surface area (Å²) in [5, 5.41) is 7.33. The predicted molar refractivity (Wildman–Crippen MR) is 344 cm³/mol. The topological polar surface area (TPSA) is 6.48 Å². The van der Waals surface area contributed by atoms with Crippen molar-refractivity contribution >= 4 is 66.4 Å². The summed E-state index contributed by atoms with van der Waals surface area (Å²) in [5.41, 5.74) is 23.4. The van der Waals surface area contributed by atoms with E-state index in [9.17, 15) is 0 Å². The van der Waals surface area contributed by atoms with Crippen LogP contribution in [0.4, 0.5) is 34.1 Å². The van der Waals surface area contributed by atoms with Crippen LogP contribution in [0.5, 0.6) is 0 Å². The number of nitrogens with zero attached hydrogens (tertiary/aromatic N) is 2. The summed E-state index contributed by atoms with van der Waals surface area (Å²) < 4.78 is 0. The second-order valence-electron chi connectivity index (χ2n) is 22.5. The highest BCUT2D eigenvalue weighted by molar-refractivity contribution is 6.28. The van der Waals surface area contributed by atoms with E-state index in [1.165, 1.54) is 110 Å². The first-order valence-corrected chi connectivity index (χ1v) is 28.7. The minimum absolute atomic E-state index is 0.490. The summed E-state index contributed by atoms with van der Waals surface area (Å²) in [6.07, 6.45) is 0. The molecule has 82 heavy (non-hydrogen) atoms. The SMILES string of the molecule is Cc1cccc(N(c2ccc(C3(c4ccccc4)c4ccccc4-c4ccccc43)cc2)c2ccc3ccc4c(N(c5cccc(C)c5)c5cccc(C6(c7ccccc7)c7ccccc7-c7ccccc76)c5)ccc5ccc2c3c54)c1. The molecule has 0 aliphatic heterocycles. The summed E-state index contributed by atoms with van der Waals surface area (Å²) in [5.74, 6) is 0. The second-order valence-corrected chi connectivity index (χ2v) is 22.5. The maximum atomic E-state index is 2.50. The fraction of sp³-hybridized carbons (Fsp3) is 0.0500. The molecule has 2 aliphatic carbocycles. The van der Waals surface area contributed by atoms with Gasteiger partial charge in [-0.2, -0.15) is 0 Å². The van der Waals surface area contributed by atoms with Crippen LogP contribution in [0.15, 0.2) is 303 Å². The number of aryl methyl sites for hydroxylation is 2. The first-order valence-electron chi connectivity index (χ1n) is 28.7. The van der Waals surface area contributed by atoms with E-state index < -0.39 is 10.8 Å². The zero-order valence-corrected chi connectivity index (χ0v) is 45.8. The smallest absolute Gasteiger partial charge is 0.0714 e. The molecule has 2 nitrogen and oxygen atoms in total. The Morgan fingerprint density at radius 2 is 0.585 bits per heavy atom. The van der Waals surface area contributed by atoms with Gasteiger partial charge in [0.15, 0.2) is 0 Å². The molecular formula is C80H56N2. The zero-order valence-electron chi connectivity index (χ0n) is 45.8. The Balaban J connectivity index is 0.885. The van der Waals surface area contributed by atoms with E-state index in [4.69, 9.17) is 0 Å². The predicted octanol–water partition coefficient (Wildman–Crippen LogP) is 20.9. The summed E-state index contributed by atoms with van der Waals surface area (Å²) in [7, 11) is 0. The molecule has 2 aliphatic rings. The van der Waals surface area contributed by atoms with Crippen LogP contribution in [0.3, 0.4) is 0 Å². The number of fused-ring (bicyclic) bond motifs is 6. The van der Waals surface area contributed by atoms with Crippen LogP contribution in [0.2, 0.25) is 0 Å². The number of hydrogen-bond acceptors (Lipinski definition) is 2. The molecule has 0 bridgehead atoms. The van der Waals surface area contributed by atoms with Gasteiger partial charge in [-0.25, -0.2) is 0 Å². The zero-order chi connectivity index (χ0) is 54.5. The lowest BCUT2D eigenvalue weighted by molar-refractivity contribution is 0.768. The third-order valence-electron chi connectivity index (χ3n) is 18.0. The van der Waals surface area contributed by atoms with Gasteiger partial charge < -0.3 is 9.80 Å². The van der Waals surface area contributed by atoms with Crippen LogP contribution in [-0.2, 0) is 10.8 Å². The van der Waals surface area contributed by atoms with Crippen molar-refractivity contribution in [3.63, 3.8) is 0 Å². The highest BCUT2D eigenvalue weighted by Crippen LogP contribution is 2.59. The lowest BCUT2D eigenvalue weighted by Crippen LogP contribution is -2.28. The van der Waals surface area contributed by atoms with Crippen molar-refractivity contribution < 1.29 is 0 Å². The molecule has 0 spiro atoms. The molecule has 0 N–H and O–H groups in total. The van der Waals surface area contributed by atoms with Crippen LogP contribution in [0, 0.1) is 13.8 Å². The van der Waals surface area contributed by atoms with E-state index >= 15 is 0 Å². The van der Waals surface area contributed by atoms with Crippen molar-refractivity contribution in [2.75, 3.05) is 9.80 Å². The number of rotatable bonds is 10. The van der Waals surface area contributed by atoms with Gasteiger partial charge in [0, 0.05) is 33.5 Å². The van der Waals surface area contributed by atoms with E-state index in [1.807, 2.05) is 0 Å². The van der Waals surface area contributed by atoms with Crippen LogP contribution < -0.4 is 9.80 Å². The van der Waals surface area contributed by atoms with E-state index in [1.54, 1.807) is 0 Å². The molecule has 0 aromatic heterocycles. The molecule has 0 saturated heterocycles. The quantitative estimate of drug-likeness (QED) is 0.126. The Hall–Kier alpha value is -10.3. The Bertz CT molecular complexity index is 4690. The summed E-state index contributed by atoms with van der Waals surface area (Å²) in [6, 6.07) is 114. The van der Waals surface area contributed by atoms with Gasteiger partial charge in [-0.1, -0.05) is 243 Å². The lowest BCUT2D eigenvalue weighted by atomic mass is 9.67. The fourth-order valence-corrected chi connectivity index (χ4v) is 14.7. The van der Waals surface area contributed by atoms with Gasteiger partial charge in [-0.3, -0.25) is 0 Å². The van der Waals surface area contributed by atoms with Crippen LogP contribution >= 0.6 is 0 Å². The van der Waals surface area contributed by atoms with E-state index in [-0.39, 0.29) is 0 Å². The molecule has 0 unspecified atom stereocenters. The molecule has 0 fully saturated rings. The maximum absolute atomic E-state index is 2.50.